The van der Waals surface area contributed by atoms with E-state index in [1.54, 1.807) is 0 Å². The summed E-state index contributed by atoms with van der Waals surface area (Å²) in [6.07, 6.45) is 3.99. The van der Waals surface area contributed by atoms with Gasteiger partial charge in [0.2, 0.25) is 0 Å². The van der Waals surface area contributed by atoms with Crippen LogP contribution in [0.15, 0.2) is 0 Å². The molecule has 0 fully saturated rings. The fraction of sp³-hybridized carbons (Fsp3) is 1.00. The van der Waals surface area contributed by atoms with E-state index in [0.717, 1.165) is 0 Å². The molecule has 0 unspecified atom stereocenters. The van der Waals surface area contributed by atoms with Crippen molar-refractivity contribution in [2.75, 3.05) is 0 Å². The van der Waals surface area contributed by atoms with Gasteiger partial charge in [-0.2, -0.15) is 0 Å². The van der Waals surface area contributed by atoms with Crippen LogP contribution in [-0.2, 0) is 0 Å². The maximum Gasteiger partial charge on any atom is -0.0357 e. The van der Waals surface area contributed by atoms with Crippen molar-refractivity contribution >= 4 is 0 Å². The maximum atomic E-state index is 2.33. The molecular weight excluding hydrogens is 168 g/mol. The van der Waals surface area contributed by atoms with Crippen molar-refractivity contribution in [2.24, 2.45) is 5.41 Å². The van der Waals surface area contributed by atoms with Crippen molar-refractivity contribution < 1.29 is 0 Å². The molecule has 0 atom stereocenters. The topological polar surface area (TPSA) is 0 Å². The van der Waals surface area contributed by atoms with E-state index >= 15 is 0 Å². The molecule has 0 aliphatic heterocycles. The van der Waals surface area contributed by atoms with Crippen LogP contribution in [0.5, 0.6) is 0 Å². The molecule has 0 radical (unpaired) electrons. The van der Waals surface area contributed by atoms with Gasteiger partial charge in [-0.25, -0.2) is 0 Å². The fourth-order valence-corrected chi connectivity index (χ4v) is 0.854. The Morgan fingerprint density at radius 1 is 0.714 bits per heavy atom. The number of hydrogen-bond donors (Lipinski definition) is 0. The van der Waals surface area contributed by atoms with Gasteiger partial charge in [0.1, 0.15) is 0 Å². The molecule has 0 heteroatoms. The van der Waals surface area contributed by atoms with E-state index in [4.69, 9.17) is 0 Å². The molecule has 0 amide bonds. The van der Waals surface area contributed by atoms with Crippen LogP contribution in [0, 0.1) is 5.41 Å². The van der Waals surface area contributed by atoms with E-state index in [9.17, 15) is 0 Å². The first kappa shape index (κ1) is 48.3. The van der Waals surface area contributed by atoms with Gasteiger partial charge in [-0.3, -0.25) is 0 Å². The minimum Gasteiger partial charge on any atom is -0.0776 e. The minimum absolute atomic E-state index is 0. The van der Waals surface area contributed by atoms with Gasteiger partial charge in [-0.1, -0.05) is 85.1 Å². The van der Waals surface area contributed by atoms with Crippen molar-refractivity contribution in [1.82, 2.24) is 0 Å². The summed E-state index contributed by atoms with van der Waals surface area (Å²) >= 11 is 0. The summed E-state index contributed by atoms with van der Waals surface area (Å²) in [6.45, 7) is 9.17. The predicted octanol–water partition coefficient (Wildman–Crippen LogP) is 7.04. The normalized spacial score (nSPS) is 6.86. The molecule has 0 aromatic rings. The highest BCUT2D eigenvalue weighted by atomic mass is 14.2. The van der Waals surface area contributed by atoms with Crippen molar-refractivity contribution in [3.63, 3.8) is 0 Å². The minimum atomic E-state index is 0. The van der Waals surface area contributed by atoms with Gasteiger partial charge in [-0.05, 0) is 11.8 Å². The van der Waals surface area contributed by atoms with E-state index in [-0.39, 0.29) is 44.6 Å². The molecule has 0 nitrogen and oxygen atoms in total. The molecule has 0 bridgehead atoms. The van der Waals surface area contributed by atoms with Gasteiger partial charge < -0.3 is 0 Å². The summed E-state index contributed by atoms with van der Waals surface area (Å²) in [5.74, 6) is 0. The molecule has 14 heavy (non-hydrogen) atoms. The SMILES string of the molecule is C.C.C.C.C.C.CCCC(C)(C)CC. The summed E-state index contributed by atoms with van der Waals surface area (Å²) in [5, 5.41) is 0. The standard InChI is InChI=1S/C8H18.6CH4/c1-5-7-8(3,4)6-2;;;;;;/h5-7H2,1-4H3;6*1H4. The molecule has 0 spiro atoms. The first-order valence-corrected chi connectivity index (χ1v) is 3.62. The van der Waals surface area contributed by atoms with Gasteiger partial charge in [0, 0.05) is 0 Å². The van der Waals surface area contributed by atoms with Gasteiger partial charge in [0.25, 0.3) is 0 Å². The van der Waals surface area contributed by atoms with Crippen LogP contribution >= 0.6 is 0 Å². The Bertz CT molecular complexity index is 53.1. The van der Waals surface area contributed by atoms with Crippen molar-refractivity contribution in [3.8, 4) is 0 Å². The summed E-state index contributed by atoms with van der Waals surface area (Å²) in [5.41, 5.74) is 0.592. The first-order valence-electron chi connectivity index (χ1n) is 3.62. The second-order valence-electron chi connectivity index (χ2n) is 3.27. The molecule has 0 aromatic heterocycles. The van der Waals surface area contributed by atoms with Crippen LogP contribution in [-0.4, -0.2) is 0 Å². The zero-order valence-corrected chi connectivity index (χ0v) is 6.62. The second-order valence-corrected chi connectivity index (χ2v) is 3.27. The molecule has 0 N–H and O–H groups in total. The Hall–Kier alpha value is 0. The number of rotatable bonds is 3. The monoisotopic (exact) mass is 210 g/mol. The quantitative estimate of drug-likeness (QED) is 0.468. The molecular formula is C14H42. The summed E-state index contributed by atoms with van der Waals surface area (Å²) in [7, 11) is 0. The fourth-order valence-electron chi connectivity index (χ4n) is 0.854. The highest BCUT2D eigenvalue weighted by Crippen LogP contribution is 2.25. The first-order chi connectivity index (χ1) is 3.62. The average molecular weight is 210 g/mol. The Balaban J connectivity index is -0.0000000163. The van der Waals surface area contributed by atoms with Crippen LogP contribution in [0.2, 0.25) is 0 Å². The highest BCUT2D eigenvalue weighted by Gasteiger charge is 2.11. The van der Waals surface area contributed by atoms with E-state index in [0.29, 0.717) is 5.41 Å². The molecule has 0 saturated heterocycles. The van der Waals surface area contributed by atoms with Crippen LogP contribution in [0.4, 0.5) is 0 Å². The largest absolute Gasteiger partial charge is 0.0776 e. The Morgan fingerprint density at radius 3 is 1.07 bits per heavy atom. The zero-order chi connectivity index (χ0) is 6.62. The van der Waals surface area contributed by atoms with E-state index in [2.05, 4.69) is 27.7 Å². The van der Waals surface area contributed by atoms with Crippen LogP contribution in [0.1, 0.15) is 91.5 Å². The molecule has 0 aliphatic carbocycles. The van der Waals surface area contributed by atoms with Gasteiger partial charge in [0.15, 0.2) is 0 Å². The average Bonchev–Trinajstić information content (AvgIpc) is 1.67. The van der Waals surface area contributed by atoms with Crippen LogP contribution in [0.25, 0.3) is 0 Å². The highest BCUT2D eigenvalue weighted by molar-refractivity contribution is 4.63. The third-order valence-electron chi connectivity index (χ3n) is 1.88. The Kier molecular flexibility index (Phi) is 79.7. The molecule has 0 saturated carbocycles. The lowest BCUT2D eigenvalue weighted by atomic mass is 9.86. The van der Waals surface area contributed by atoms with E-state index in [1.807, 2.05) is 0 Å². The summed E-state index contributed by atoms with van der Waals surface area (Å²) in [4.78, 5) is 0. The lowest BCUT2D eigenvalue weighted by Crippen LogP contribution is -2.07. The van der Waals surface area contributed by atoms with Gasteiger partial charge >= 0.3 is 0 Å². The van der Waals surface area contributed by atoms with Crippen molar-refractivity contribution in [3.05, 3.63) is 0 Å². The second kappa shape index (κ2) is 23.1. The molecule has 0 heterocycles. The van der Waals surface area contributed by atoms with E-state index in [1.165, 1.54) is 19.3 Å². The van der Waals surface area contributed by atoms with Gasteiger partial charge in [0.05, 0.1) is 0 Å². The molecule has 0 rings (SSSR count). The Morgan fingerprint density at radius 2 is 1.00 bits per heavy atom. The Labute approximate surface area is 97.5 Å². The van der Waals surface area contributed by atoms with Crippen LogP contribution in [0.3, 0.4) is 0 Å². The zero-order valence-electron chi connectivity index (χ0n) is 6.62. The van der Waals surface area contributed by atoms with Crippen molar-refractivity contribution in [2.45, 2.75) is 91.5 Å². The lowest BCUT2D eigenvalue weighted by Gasteiger charge is -2.20. The third kappa shape index (κ3) is 29.6. The van der Waals surface area contributed by atoms with Gasteiger partial charge in [-0.15, -0.1) is 0 Å². The number of hydrogen-bond acceptors (Lipinski definition) is 0. The molecule has 98 valence electrons. The van der Waals surface area contributed by atoms with Crippen LogP contribution < -0.4 is 0 Å². The van der Waals surface area contributed by atoms with E-state index < -0.39 is 0 Å². The lowest BCUT2D eigenvalue weighted by molar-refractivity contribution is 0.319. The molecule has 0 aliphatic rings. The maximum absolute atomic E-state index is 2.33. The smallest absolute Gasteiger partial charge is 0.0357 e. The predicted molar refractivity (Wildman–Crippen MR) is 79.4 cm³/mol. The summed E-state index contributed by atoms with van der Waals surface area (Å²) in [6, 6.07) is 0. The third-order valence-corrected chi connectivity index (χ3v) is 1.88. The summed E-state index contributed by atoms with van der Waals surface area (Å²) < 4.78 is 0. The molecule has 0 aromatic carbocycles. The van der Waals surface area contributed by atoms with Crippen molar-refractivity contribution in [1.29, 1.82) is 0 Å².